The minimum Gasteiger partial charge on any atom is -0.378 e. The van der Waals surface area contributed by atoms with Crippen LogP contribution >= 0.6 is 0 Å². The molecule has 1 aromatic heterocycles. The topological polar surface area (TPSA) is 90.2 Å². The highest BCUT2D eigenvalue weighted by molar-refractivity contribution is 5.84. The van der Waals surface area contributed by atoms with Crippen LogP contribution in [0, 0.1) is 11.2 Å². The van der Waals surface area contributed by atoms with E-state index in [1.165, 1.54) is 6.07 Å². The average Bonchev–Trinajstić information content (AvgIpc) is 3.18. The van der Waals surface area contributed by atoms with Gasteiger partial charge in [0.1, 0.15) is 23.1 Å². The predicted octanol–water partition coefficient (Wildman–Crippen LogP) is 5.18. The fourth-order valence-corrected chi connectivity index (χ4v) is 3.87. The normalized spacial score (nSPS) is 13.6. The van der Waals surface area contributed by atoms with Crippen molar-refractivity contribution in [1.29, 1.82) is 5.41 Å². The van der Waals surface area contributed by atoms with Gasteiger partial charge in [0.2, 0.25) is 5.95 Å². The number of rotatable bonds is 9. The number of halogens is 1. The molecule has 3 aromatic rings. The number of imidazole rings is 1. The molecule has 8 nitrogen and oxygen atoms in total. The third kappa shape index (κ3) is 5.20. The molecule has 1 saturated heterocycles. The van der Waals surface area contributed by atoms with Crippen molar-refractivity contribution in [3.63, 3.8) is 0 Å². The Morgan fingerprint density at radius 1 is 1.12 bits per heavy atom. The summed E-state index contributed by atoms with van der Waals surface area (Å²) < 4.78 is 21.5. The average molecular weight is 464 g/mol. The first-order valence-electron chi connectivity index (χ1n) is 11.3. The second-order valence-electron chi connectivity index (χ2n) is 8.26. The van der Waals surface area contributed by atoms with Gasteiger partial charge < -0.3 is 31.0 Å². The van der Waals surface area contributed by atoms with Crippen LogP contribution in [0.25, 0.3) is 0 Å². The van der Waals surface area contributed by atoms with Crippen LogP contribution in [0.15, 0.2) is 60.9 Å². The second kappa shape index (κ2) is 10.4. The van der Waals surface area contributed by atoms with Gasteiger partial charge in [0, 0.05) is 36.7 Å². The van der Waals surface area contributed by atoms with Gasteiger partial charge in [0.15, 0.2) is 0 Å². The first kappa shape index (κ1) is 23.3. The first-order chi connectivity index (χ1) is 16.5. The summed E-state index contributed by atoms with van der Waals surface area (Å²) in [6, 6.07) is 14.5. The van der Waals surface area contributed by atoms with Crippen LogP contribution in [0.1, 0.15) is 25.6 Å². The zero-order chi connectivity index (χ0) is 24.1. The molecule has 2 heterocycles. The minimum atomic E-state index is -0.377. The van der Waals surface area contributed by atoms with E-state index in [0.29, 0.717) is 29.0 Å². The Bertz CT molecular complexity index is 1150. The van der Waals surface area contributed by atoms with Gasteiger partial charge in [-0.15, -0.1) is 0 Å². The Morgan fingerprint density at radius 2 is 1.82 bits per heavy atom. The number of hydrogen-bond donors (Lipinski definition) is 4. The van der Waals surface area contributed by atoms with Crippen LogP contribution in [-0.4, -0.2) is 42.1 Å². The van der Waals surface area contributed by atoms with Gasteiger partial charge in [-0.2, -0.15) is 0 Å². The lowest BCUT2D eigenvalue weighted by atomic mass is 10.2. The molecule has 0 atom stereocenters. The molecule has 1 fully saturated rings. The molecule has 2 aromatic carbocycles. The van der Waals surface area contributed by atoms with Gasteiger partial charge in [-0.05, 0) is 50.2 Å². The summed E-state index contributed by atoms with van der Waals surface area (Å²) in [5.41, 5.74) is 2.76. The zero-order valence-corrected chi connectivity index (χ0v) is 19.4. The highest BCUT2D eigenvalue weighted by atomic mass is 19.1. The molecule has 0 aliphatic carbocycles. The lowest BCUT2D eigenvalue weighted by Crippen LogP contribution is -2.36. The van der Waals surface area contributed by atoms with E-state index in [0.717, 1.165) is 43.9 Å². The Hall–Kier alpha value is -3.85. The molecule has 34 heavy (non-hydrogen) atoms. The lowest BCUT2D eigenvalue weighted by Gasteiger charge is -2.29. The molecule has 0 saturated carbocycles. The second-order valence-corrected chi connectivity index (χ2v) is 8.26. The van der Waals surface area contributed by atoms with Crippen molar-refractivity contribution in [1.82, 2.24) is 9.55 Å². The first-order valence-corrected chi connectivity index (χ1v) is 11.3. The Balaban J connectivity index is 1.51. The summed E-state index contributed by atoms with van der Waals surface area (Å²) in [6.07, 6.45) is 1.16. The molecule has 178 valence electrons. The SMILES string of the molecule is C=C(Nc1ccc(N2CCOCC2)cc1)Nc1c(C=N)nc(Nc2ccccc2F)n1C(C)C. The van der Waals surface area contributed by atoms with Crippen LogP contribution < -0.4 is 20.9 Å². The third-order valence-corrected chi connectivity index (χ3v) is 5.52. The standard InChI is InChI=1S/C25H30FN7O/c1-17(2)33-24(23(16-27)31-25(33)30-22-7-5-4-6-21(22)26)29-18(3)28-19-8-10-20(11-9-19)32-12-14-34-15-13-32/h4-11,16-17,27-29H,3,12-15H2,1-2H3,(H,30,31). The molecule has 4 rings (SSSR count). The molecule has 4 N–H and O–H groups in total. The van der Waals surface area contributed by atoms with E-state index in [1.54, 1.807) is 18.2 Å². The van der Waals surface area contributed by atoms with Crippen molar-refractivity contribution in [3.05, 3.63) is 72.4 Å². The number of aromatic nitrogens is 2. The number of morpholine rings is 1. The molecule has 9 heteroatoms. The third-order valence-electron chi connectivity index (χ3n) is 5.52. The highest BCUT2D eigenvalue weighted by Crippen LogP contribution is 2.30. The number of nitrogens with one attached hydrogen (secondary N) is 4. The molecular weight excluding hydrogens is 433 g/mol. The van der Waals surface area contributed by atoms with Crippen molar-refractivity contribution in [2.75, 3.05) is 47.2 Å². The Labute approximate surface area is 199 Å². The van der Waals surface area contributed by atoms with Gasteiger partial charge in [-0.1, -0.05) is 18.7 Å². The van der Waals surface area contributed by atoms with Gasteiger partial charge in [0.05, 0.1) is 18.9 Å². The van der Waals surface area contributed by atoms with Gasteiger partial charge in [0.25, 0.3) is 0 Å². The van der Waals surface area contributed by atoms with E-state index in [4.69, 9.17) is 10.1 Å². The quantitative estimate of drug-likeness (QED) is 0.327. The fraction of sp³-hybridized carbons (Fsp3) is 0.280. The van der Waals surface area contributed by atoms with Crippen LogP contribution in [0.2, 0.25) is 0 Å². The van der Waals surface area contributed by atoms with Crippen molar-refractivity contribution in [3.8, 4) is 0 Å². The Morgan fingerprint density at radius 3 is 2.47 bits per heavy atom. The number of nitrogens with zero attached hydrogens (tertiary/aromatic N) is 3. The summed E-state index contributed by atoms with van der Waals surface area (Å²) in [4.78, 5) is 6.80. The summed E-state index contributed by atoms with van der Waals surface area (Å²) in [5.74, 6) is 1.18. The van der Waals surface area contributed by atoms with Gasteiger partial charge in [-0.25, -0.2) is 9.37 Å². The van der Waals surface area contributed by atoms with Crippen molar-refractivity contribution in [2.45, 2.75) is 19.9 Å². The predicted molar refractivity (Wildman–Crippen MR) is 136 cm³/mol. The van der Waals surface area contributed by atoms with E-state index in [-0.39, 0.29) is 11.9 Å². The van der Waals surface area contributed by atoms with E-state index < -0.39 is 0 Å². The summed E-state index contributed by atoms with van der Waals surface area (Å²) in [5, 5.41) is 17.4. The maximum Gasteiger partial charge on any atom is 0.209 e. The molecule has 0 spiro atoms. The molecule has 0 bridgehead atoms. The molecule has 0 amide bonds. The summed E-state index contributed by atoms with van der Waals surface area (Å²) in [6.45, 7) is 11.3. The molecule has 0 radical (unpaired) electrons. The number of anilines is 5. The maximum atomic E-state index is 14.2. The minimum absolute atomic E-state index is 0.0152. The van der Waals surface area contributed by atoms with Crippen LogP contribution in [-0.2, 0) is 4.74 Å². The van der Waals surface area contributed by atoms with Crippen molar-refractivity contribution in [2.24, 2.45) is 0 Å². The highest BCUT2D eigenvalue weighted by Gasteiger charge is 2.20. The lowest BCUT2D eigenvalue weighted by molar-refractivity contribution is 0.122. The summed E-state index contributed by atoms with van der Waals surface area (Å²) >= 11 is 0. The van der Waals surface area contributed by atoms with Crippen molar-refractivity contribution < 1.29 is 9.13 Å². The van der Waals surface area contributed by atoms with Crippen LogP contribution in [0.5, 0.6) is 0 Å². The maximum absolute atomic E-state index is 14.2. The van der Waals surface area contributed by atoms with E-state index >= 15 is 0 Å². The number of hydrogen-bond acceptors (Lipinski definition) is 7. The molecule has 0 unspecified atom stereocenters. The Kier molecular flexibility index (Phi) is 7.12. The molecule has 1 aliphatic rings. The van der Waals surface area contributed by atoms with Gasteiger partial charge in [-0.3, -0.25) is 4.57 Å². The number of benzene rings is 2. The number of para-hydroxylation sites is 1. The monoisotopic (exact) mass is 463 g/mol. The van der Waals surface area contributed by atoms with E-state index in [9.17, 15) is 4.39 Å². The zero-order valence-electron chi connectivity index (χ0n) is 19.4. The van der Waals surface area contributed by atoms with E-state index in [2.05, 4.69) is 44.5 Å². The molecular formula is C25H30FN7O. The fourth-order valence-electron chi connectivity index (χ4n) is 3.87. The van der Waals surface area contributed by atoms with Crippen LogP contribution in [0.3, 0.4) is 0 Å². The van der Waals surface area contributed by atoms with Crippen molar-refractivity contribution >= 4 is 35.0 Å². The molecule has 1 aliphatic heterocycles. The van der Waals surface area contributed by atoms with E-state index in [1.807, 2.05) is 30.5 Å². The van der Waals surface area contributed by atoms with Gasteiger partial charge >= 0.3 is 0 Å². The smallest absolute Gasteiger partial charge is 0.209 e. The largest absolute Gasteiger partial charge is 0.378 e. The van der Waals surface area contributed by atoms with Crippen LogP contribution in [0.4, 0.5) is 33.2 Å². The summed E-state index contributed by atoms with van der Waals surface area (Å²) in [7, 11) is 0. The number of ether oxygens (including phenoxy) is 1.